The third kappa shape index (κ3) is 7.06. The third-order valence-electron chi connectivity index (χ3n) is 7.22. The minimum absolute atomic E-state index is 0.000727. The van der Waals surface area contributed by atoms with Gasteiger partial charge >= 0.3 is 6.03 Å². The fraction of sp³-hybridized carbons (Fsp3) is 0.323. The van der Waals surface area contributed by atoms with E-state index in [1.165, 1.54) is 4.90 Å². The first-order valence-corrected chi connectivity index (χ1v) is 13.9. The lowest BCUT2D eigenvalue weighted by Crippen LogP contribution is -2.52. The Labute approximate surface area is 249 Å². The van der Waals surface area contributed by atoms with E-state index in [9.17, 15) is 24.0 Å². The summed E-state index contributed by atoms with van der Waals surface area (Å²) in [7, 11) is 3.21. The average Bonchev–Trinajstić information content (AvgIpc) is 3.18. The number of allylic oxidation sites excluding steroid dienone is 1. The van der Waals surface area contributed by atoms with Gasteiger partial charge in [-0.25, -0.2) is 4.79 Å². The zero-order valence-electron chi connectivity index (χ0n) is 24.0. The fourth-order valence-electron chi connectivity index (χ4n) is 4.85. The molecule has 0 aliphatic carbocycles. The number of hydrogen-bond acceptors (Lipinski definition) is 6. The number of nitrogens with zero attached hydrogens (tertiary/aromatic N) is 2. The smallest absolute Gasteiger partial charge is 0.321 e. The van der Waals surface area contributed by atoms with Gasteiger partial charge in [0.05, 0.1) is 0 Å². The number of aryl methyl sites for hydroxylation is 1. The molecule has 11 heteroatoms. The zero-order chi connectivity index (χ0) is 30.7. The minimum Gasteiger partial charge on any atom is -0.351 e. The molecule has 2 unspecified atom stereocenters. The number of imide groups is 1. The second kappa shape index (κ2) is 12.6. The molecule has 2 aliphatic rings. The Morgan fingerprint density at radius 3 is 2.52 bits per heavy atom. The number of anilines is 2. The molecule has 2 heterocycles. The monoisotopic (exact) mass is 591 g/mol. The van der Waals surface area contributed by atoms with Gasteiger partial charge in [-0.3, -0.25) is 24.1 Å². The number of rotatable bonds is 9. The molecule has 5 amide bonds. The van der Waals surface area contributed by atoms with Crippen LogP contribution in [0.2, 0.25) is 5.02 Å². The maximum atomic E-state index is 13.2. The van der Waals surface area contributed by atoms with Crippen molar-refractivity contribution in [2.75, 3.05) is 24.7 Å². The summed E-state index contributed by atoms with van der Waals surface area (Å²) >= 11 is 6.22. The molecular weight excluding hydrogens is 558 g/mol. The Balaban J connectivity index is 1.54. The minimum atomic E-state index is -0.929. The van der Waals surface area contributed by atoms with Crippen LogP contribution >= 0.6 is 11.6 Å². The normalized spacial score (nSPS) is 17.5. The van der Waals surface area contributed by atoms with Crippen molar-refractivity contribution in [3.8, 4) is 0 Å². The predicted molar refractivity (Wildman–Crippen MR) is 161 cm³/mol. The van der Waals surface area contributed by atoms with Gasteiger partial charge in [-0.1, -0.05) is 37.2 Å². The quantitative estimate of drug-likeness (QED) is 0.368. The number of nitrogens with one attached hydrogen (secondary N) is 3. The number of ketones is 1. The summed E-state index contributed by atoms with van der Waals surface area (Å²) < 4.78 is 0. The molecule has 1 fully saturated rings. The first kappa shape index (κ1) is 30.5. The van der Waals surface area contributed by atoms with Gasteiger partial charge in [-0.05, 0) is 66.6 Å². The topological polar surface area (TPSA) is 128 Å². The molecule has 2 atom stereocenters. The van der Waals surface area contributed by atoms with Crippen LogP contribution in [0.1, 0.15) is 48.8 Å². The number of halogens is 1. The maximum absolute atomic E-state index is 13.2. The highest BCUT2D eigenvalue weighted by molar-refractivity contribution is 6.31. The van der Waals surface area contributed by atoms with E-state index in [4.69, 9.17) is 11.6 Å². The Morgan fingerprint density at radius 2 is 1.86 bits per heavy atom. The van der Waals surface area contributed by atoms with Crippen LogP contribution in [0.5, 0.6) is 0 Å². The number of carbonyl (C=O) groups is 5. The molecule has 0 aromatic heterocycles. The Bertz CT molecular complexity index is 1520. The summed E-state index contributed by atoms with van der Waals surface area (Å²) in [4.78, 5) is 66.1. The highest BCUT2D eigenvalue weighted by atomic mass is 35.5. The summed E-state index contributed by atoms with van der Waals surface area (Å²) in [5, 5.41) is 9.00. The molecule has 2 aromatic rings. The molecule has 3 N–H and O–H groups in total. The van der Waals surface area contributed by atoms with E-state index in [1.807, 2.05) is 26.0 Å². The van der Waals surface area contributed by atoms with E-state index in [2.05, 4.69) is 22.5 Å². The van der Waals surface area contributed by atoms with Crippen LogP contribution < -0.4 is 16.0 Å². The molecule has 2 aromatic carbocycles. The fourth-order valence-corrected chi connectivity index (χ4v) is 5.06. The second-order valence-electron chi connectivity index (χ2n) is 10.9. The van der Waals surface area contributed by atoms with Gasteiger partial charge in [0, 0.05) is 55.1 Å². The van der Waals surface area contributed by atoms with Gasteiger partial charge in [0.1, 0.15) is 17.5 Å². The van der Waals surface area contributed by atoms with Crippen molar-refractivity contribution in [2.45, 2.75) is 51.5 Å². The SMILES string of the molecule is C=C1CCC(N2C(=O)C=C(Nc3cc(NC(=O)N(C)C)cc(C(C)CC(=O)Cc4ccc(C)c(Cl)c4)c3)C2=O)C(=O)N1. The van der Waals surface area contributed by atoms with Crippen LogP contribution in [0, 0.1) is 6.92 Å². The van der Waals surface area contributed by atoms with Crippen LogP contribution in [0.25, 0.3) is 0 Å². The number of hydrogen-bond donors (Lipinski definition) is 3. The van der Waals surface area contributed by atoms with Crippen molar-refractivity contribution in [1.29, 1.82) is 0 Å². The van der Waals surface area contributed by atoms with Crippen LogP contribution in [0.15, 0.2) is 60.4 Å². The summed E-state index contributed by atoms with van der Waals surface area (Å²) in [6.45, 7) is 7.54. The Kier molecular flexibility index (Phi) is 9.16. The predicted octanol–water partition coefficient (Wildman–Crippen LogP) is 4.50. The van der Waals surface area contributed by atoms with Crippen molar-refractivity contribution in [2.24, 2.45) is 0 Å². The van der Waals surface area contributed by atoms with Gasteiger partial charge in [0.25, 0.3) is 11.8 Å². The number of urea groups is 1. The zero-order valence-corrected chi connectivity index (χ0v) is 24.8. The molecule has 0 bridgehead atoms. The summed E-state index contributed by atoms with van der Waals surface area (Å²) in [6.07, 6.45) is 2.37. The second-order valence-corrected chi connectivity index (χ2v) is 11.3. The van der Waals surface area contributed by atoms with Crippen molar-refractivity contribution < 1.29 is 24.0 Å². The van der Waals surface area contributed by atoms with E-state index < -0.39 is 23.8 Å². The molecule has 4 rings (SSSR count). The largest absolute Gasteiger partial charge is 0.351 e. The van der Waals surface area contributed by atoms with Crippen molar-refractivity contribution >= 4 is 52.5 Å². The number of carbonyl (C=O) groups excluding carboxylic acids is 5. The van der Waals surface area contributed by atoms with E-state index in [0.717, 1.165) is 27.7 Å². The maximum Gasteiger partial charge on any atom is 0.321 e. The molecule has 0 spiro atoms. The van der Waals surface area contributed by atoms with Crippen molar-refractivity contribution in [3.63, 3.8) is 0 Å². The van der Waals surface area contributed by atoms with E-state index in [1.54, 1.807) is 38.4 Å². The van der Waals surface area contributed by atoms with Gasteiger partial charge in [0.15, 0.2) is 0 Å². The standard InChI is InChI=1S/C31H34ClN5O5/c1-17-6-8-20(12-25(17)32)11-24(38)10-18(2)21-13-22(15-23(14-21)35-31(42)36(4)5)34-26-16-28(39)37(30(26)41)27-9-7-19(3)33-29(27)40/h6,8,12-16,18,27,34H,3,7,9-11H2,1-2,4-5H3,(H,33,40)(H,35,42). The average molecular weight is 592 g/mol. The van der Waals surface area contributed by atoms with E-state index >= 15 is 0 Å². The Hall–Kier alpha value is -4.44. The van der Waals surface area contributed by atoms with Gasteiger partial charge in [-0.15, -0.1) is 0 Å². The molecular formula is C31H34ClN5O5. The number of benzene rings is 2. The highest BCUT2D eigenvalue weighted by Gasteiger charge is 2.41. The van der Waals surface area contributed by atoms with Crippen molar-refractivity contribution in [1.82, 2.24) is 15.1 Å². The lowest BCUT2D eigenvalue weighted by molar-refractivity contribution is -0.146. The number of piperidine rings is 1. The lowest BCUT2D eigenvalue weighted by Gasteiger charge is -2.29. The van der Waals surface area contributed by atoms with E-state index in [-0.39, 0.29) is 36.3 Å². The summed E-state index contributed by atoms with van der Waals surface area (Å²) in [5.41, 5.74) is 3.92. The molecule has 42 heavy (non-hydrogen) atoms. The van der Waals surface area contributed by atoms with Crippen LogP contribution in [-0.4, -0.2) is 59.5 Å². The van der Waals surface area contributed by atoms with Crippen LogP contribution in [0.4, 0.5) is 16.2 Å². The molecule has 0 saturated carbocycles. The Morgan fingerprint density at radius 1 is 1.14 bits per heavy atom. The van der Waals surface area contributed by atoms with Gasteiger partial charge in [-0.2, -0.15) is 0 Å². The highest BCUT2D eigenvalue weighted by Crippen LogP contribution is 2.30. The van der Waals surface area contributed by atoms with Gasteiger partial charge < -0.3 is 20.9 Å². The molecule has 1 saturated heterocycles. The van der Waals surface area contributed by atoms with Crippen LogP contribution in [0.3, 0.4) is 0 Å². The molecule has 2 aliphatic heterocycles. The molecule has 0 radical (unpaired) electrons. The first-order valence-electron chi connectivity index (χ1n) is 13.6. The summed E-state index contributed by atoms with van der Waals surface area (Å²) in [5.74, 6) is -1.90. The lowest BCUT2D eigenvalue weighted by atomic mass is 9.92. The molecule has 220 valence electrons. The van der Waals surface area contributed by atoms with Crippen LogP contribution in [-0.2, 0) is 25.6 Å². The molecule has 10 nitrogen and oxygen atoms in total. The third-order valence-corrected chi connectivity index (χ3v) is 7.63. The number of Topliss-reactive ketones (excluding diaryl/α,β-unsaturated/α-hetero) is 1. The van der Waals surface area contributed by atoms with E-state index in [0.29, 0.717) is 34.9 Å². The van der Waals surface area contributed by atoms with Crippen molar-refractivity contribution in [3.05, 3.63) is 82.2 Å². The van der Waals surface area contributed by atoms with Gasteiger partial charge in [0.2, 0.25) is 5.91 Å². The first-order chi connectivity index (χ1) is 19.8. The number of amides is 5. The summed E-state index contributed by atoms with van der Waals surface area (Å²) in [6, 6.07) is 9.44.